The lowest BCUT2D eigenvalue weighted by Gasteiger charge is -2.13. The third-order valence-corrected chi connectivity index (χ3v) is 3.64. The average molecular weight is 348 g/mol. The number of anilines is 1. The van der Waals surface area contributed by atoms with E-state index >= 15 is 0 Å². The fraction of sp³-hybridized carbons (Fsp3) is 0.250. The lowest BCUT2D eigenvalue weighted by atomic mass is 10.1. The number of halogens is 1. The van der Waals surface area contributed by atoms with Gasteiger partial charge in [-0.1, -0.05) is 15.9 Å². The van der Waals surface area contributed by atoms with Crippen LogP contribution in [0.15, 0.2) is 41.1 Å². The van der Waals surface area contributed by atoms with Crippen LogP contribution in [0.4, 0.5) is 10.5 Å². The molecule has 2 aromatic rings. The molecule has 0 unspecified atom stereocenters. The number of benzene rings is 1. The van der Waals surface area contributed by atoms with Crippen LogP contribution in [0.3, 0.4) is 0 Å². The molecule has 0 radical (unpaired) electrons. The van der Waals surface area contributed by atoms with Crippen molar-refractivity contribution in [2.45, 2.75) is 20.3 Å². The van der Waals surface area contributed by atoms with Gasteiger partial charge in [0.1, 0.15) is 0 Å². The largest absolute Gasteiger partial charge is 0.338 e. The first kappa shape index (κ1) is 15.5. The van der Waals surface area contributed by atoms with Crippen LogP contribution in [0.1, 0.15) is 16.7 Å². The molecule has 1 aromatic heterocycles. The molecular formula is C16H18BrN3O. The molecule has 2 amide bonds. The van der Waals surface area contributed by atoms with Crippen LogP contribution in [0.2, 0.25) is 0 Å². The number of rotatable bonds is 4. The minimum absolute atomic E-state index is 0.183. The van der Waals surface area contributed by atoms with Crippen molar-refractivity contribution in [2.75, 3.05) is 11.9 Å². The van der Waals surface area contributed by atoms with Gasteiger partial charge in [-0.2, -0.15) is 0 Å². The molecule has 0 aliphatic carbocycles. The summed E-state index contributed by atoms with van der Waals surface area (Å²) in [6.07, 6.45) is 4.29. The molecule has 0 saturated carbocycles. The van der Waals surface area contributed by atoms with Crippen molar-refractivity contribution in [3.63, 3.8) is 0 Å². The molecule has 21 heavy (non-hydrogen) atoms. The van der Waals surface area contributed by atoms with Crippen LogP contribution in [0.5, 0.6) is 0 Å². The zero-order valence-corrected chi connectivity index (χ0v) is 13.7. The quantitative estimate of drug-likeness (QED) is 0.882. The van der Waals surface area contributed by atoms with Gasteiger partial charge in [0, 0.05) is 29.1 Å². The van der Waals surface area contributed by atoms with Crippen LogP contribution in [-0.2, 0) is 6.42 Å². The topological polar surface area (TPSA) is 54.0 Å². The van der Waals surface area contributed by atoms with Crippen LogP contribution in [0, 0.1) is 13.8 Å². The second-order valence-electron chi connectivity index (χ2n) is 4.90. The number of aryl methyl sites for hydroxylation is 2. The highest BCUT2D eigenvalue weighted by Crippen LogP contribution is 2.24. The van der Waals surface area contributed by atoms with Gasteiger partial charge in [-0.15, -0.1) is 0 Å². The third-order valence-electron chi connectivity index (χ3n) is 3.18. The van der Waals surface area contributed by atoms with Gasteiger partial charge in [-0.3, -0.25) is 4.98 Å². The highest BCUT2D eigenvalue weighted by Gasteiger charge is 2.08. The Morgan fingerprint density at radius 3 is 2.43 bits per heavy atom. The Morgan fingerprint density at radius 1 is 1.19 bits per heavy atom. The number of nitrogens with zero attached hydrogens (tertiary/aromatic N) is 1. The van der Waals surface area contributed by atoms with Gasteiger partial charge in [-0.25, -0.2) is 4.79 Å². The van der Waals surface area contributed by atoms with E-state index in [1.54, 1.807) is 12.4 Å². The molecule has 1 heterocycles. The maximum absolute atomic E-state index is 11.9. The summed E-state index contributed by atoms with van der Waals surface area (Å²) in [5.74, 6) is 0. The summed E-state index contributed by atoms with van der Waals surface area (Å²) in [6, 6.07) is 7.68. The number of amides is 2. The maximum Gasteiger partial charge on any atom is 0.319 e. The minimum atomic E-state index is -0.183. The Morgan fingerprint density at radius 2 is 1.81 bits per heavy atom. The Bertz CT molecular complexity index is 606. The molecule has 2 rings (SSSR count). The molecule has 4 nitrogen and oxygen atoms in total. The molecule has 110 valence electrons. The minimum Gasteiger partial charge on any atom is -0.338 e. The molecule has 0 fully saturated rings. The summed E-state index contributed by atoms with van der Waals surface area (Å²) >= 11 is 3.45. The van der Waals surface area contributed by atoms with Crippen molar-refractivity contribution >= 4 is 27.6 Å². The van der Waals surface area contributed by atoms with Crippen molar-refractivity contribution in [1.82, 2.24) is 10.3 Å². The predicted molar refractivity (Wildman–Crippen MR) is 88.6 cm³/mol. The number of aromatic nitrogens is 1. The van der Waals surface area contributed by atoms with E-state index in [0.29, 0.717) is 6.54 Å². The number of pyridine rings is 1. The highest BCUT2D eigenvalue weighted by molar-refractivity contribution is 9.10. The number of nitrogens with one attached hydrogen (secondary N) is 2. The van der Waals surface area contributed by atoms with E-state index in [-0.39, 0.29) is 6.03 Å². The van der Waals surface area contributed by atoms with Gasteiger partial charge >= 0.3 is 6.03 Å². The van der Waals surface area contributed by atoms with E-state index in [1.807, 2.05) is 38.1 Å². The number of carbonyl (C=O) groups excluding carboxylic acids is 1. The van der Waals surface area contributed by atoms with E-state index in [1.165, 1.54) is 0 Å². The Labute approximate surface area is 133 Å². The molecule has 5 heteroatoms. The van der Waals surface area contributed by atoms with E-state index in [0.717, 1.165) is 33.3 Å². The summed E-state index contributed by atoms with van der Waals surface area (Å²) in [5, 5.41) is 5.78. The zero-order chi connectivity index (χ0) is 15.2. The van der Waals surface area contributed by atoms with Gasteiger partial charge in [0.05, 0.1) is 0 Å². The predicted octanol–water partition coefficient (Wildman–Crippen LogP) is 3.83. The number of urea groups is 1. The zero-order valence-electron chi connectivity index (χ0n) is 12.1. The average Bonchev–Trinajstić information content (AvgIpc) is 2.44. The van der Waals surface area contributed by atoms with Gasteiger partial charge in [0.2, 0.25) is 0 Å². The van der Waals surface area contributed by atoms with Gasteiger partial charge < -0.3 is 10.6 Å². The molecule has 0 aliphatic heterocycles. The van der Waals surface area contributed by atoms with E-state index in [9.17, 15) is 4.79 Å². The molecule has 2 N–H and O–H groups in total. The summed E-state index contributed by atoms with van der Waals surface area (Å²) in [5.41, 5.74) is 4.08. The van der Waals surface area contributed by atoms with E-state index < -0.39 is 0 Å². The molecule has 0 aliphatic rings. The van der Waals surface area contributed by atoms with Crippen molar-refractivity contribution in [2.24, 2.45) is 0 Å². The van der Waals surface area contributed by atoms with Crippen molar-refractivity contribution in [3.8, 4) is 0 Å². The summed E-state index contributed by atoms with van der Waals surface area (Å²) < 4.78 is 1.01. The SMILES string of the molecule is Cc1cc(Br)cc(C)c1NC(=O)NCCc1ccncc1. The van der Waals surface area contributed by atoms with Crippen molar-refractivity contribution in [1.29, 1.82) is 0 Å². The normalized spacial score (nSPS) is 10.2. The smallest absolute Gasteiger partial charge is 0.319 e. The van der Waals surface area contributed by atoms with Crippen LogP contribution in [-0.4, -0.2) is 17.6 Å². The van der Waals surface area contributed by atoms with E-state index in [4.69, 9.17) is 0 Å². The number of carbonyl (C=O) groups is 1. The summed E-state index contributed by atoms with van der Waals surface area (Å²) in [6.45, 7) is 4.54. The Kier molecular flexibility index (Phi) is 5.33. The Hall–Kier alpha value is -1.88. The number of hydrogen-bond acceptors (Lipinski definition) is 2. The standard InChI is InChI=1S/C16H18BrN3O/c1-11-9-14(17)10-12(2)15(11)20-16(21)19-8-5-13-3-6-18-7-4-13/h3-4,6-7,9-10H,5,8H2,1-2H3,(H2,19,20,21). The fourth-order valence-corrected chi connectivity index (χ4v) is 2.82. The van der Waals surface area contributed by atoms with E-state index in [2.05, 4.69) is 31.5 Å². The van der Waals surface area contributed by atoms with Crippen LogP contribution in [0.25, 0.3) is 0 Å². The molecule has 0 saturated heterocycles. The first-order valence-corrected chi connectivity index (χ1v) is 7.56. The first-order valence-electron chi connectivity index (χ1n) is 6.77. The third kappa shape index (κ3) is 4.56. The van der Waals surface area contributed by atoms with Gasteiger partial charge in [0.15, 0.2) is 0 Å². The maximum atomic E-state index is 11.9. The van der Waals surface area contributed by atoms with Gasteiger partial charge in [0.25, 0.3) is 0 Å². The first-order chi connectivity index (χ1) is 10.1. The molecule has 1 aromatic carbocycles. The fourth-order valence-electron chi connectivity index (χ4n) is 2.14. The summed E-state index contributed by atoms with van der Waals surface area (Å²) in [4.78, 5) is 15.9. The second-order valence-corrected chi connectivity index (χ2v) is 5.82. The van der Waals surface area contributed by atoms with Crippen molar-refractivity contribution in [3.05, 3.63) is 57.8 Å². The second kappa shape index (κ2) is 7.22. The lowest BCUT2D eigenvalue weighted by Crippen LogP contribution is -2.31. The number of hydrogen-bond donors (Lipinski definition) is 2. The van der Waals surface area contributed by atoms with Crippen molar-refractivity contribution < 1.29 is 4.79 Å². The van der Waals surface area contributed by atoms with Crippen LogP contribution < -0.4 is 10.6 Å². The monoisotopic (exact) mass is 347 g/mol. The molecule has 0 atom stereocenters. The highest BCUT2D eigenvalue weighted by atomic mass is 79.9. The Balaban J connectivity index is 1.88. The summed E-state index contributed by atoms with van der Waals surface area (Å²) in [7, 11) is 0. The molecular weight excluding hydrogens is 330 g/mol. The lowest BCUT2D eigenvalue weighted by molar-refractivity contribution is 0.252. The van der Waals surface area contributed by atoms with Gasteiger partial charge in [-0.05, 0) is 61.2 Å². The van der Waals surface area contributed by atoms with Crippen LogP contribution >= 0.6 is 15.9 Å². The molecule has 0 bridgehead atoms. The molecule has 0 spiro atoms.